The third kappa shape index (κ3) is 3.92. The maximum atomic E-state index is 5.86. The standard InChI is InChI=1S/C15H16ClN3S/c1-10-2-7-13(14(17)20)15(19-10)18-9-8-11-3-5-12(16)6-4-11/h2-7H,8-9H2,1H3,(H2,17,20)(H,18,19). The Balaban J connectivity index is 2.02. The number of hydrogen-bond acceptors (Lipinski definition) is 3. The molecule has 0 saturated carbocycles. The van der Waals surface area contributed by atoms with Crippen LogP contribution in [0.5, 0.6) is 0 Å². The van der Waals surface area contributed by atoms with Crippen LogP contribution in [0.3, 0.4) is 0 Å². The van der Waals surface area contributed by atoms with Crippen molar-refractivity contribution in [3.63, 3.8) is 0 Å². The molecule has 0 atom stereocenters. The molecule has 1 aromatic heterocycles. The molecule has 1 heterocycles. The van der Waals surface area contributed by atoms with E-state index in [9.17, 15) is 0 Å². The minimum atomic E-state index is 0.353. The van der Waals surface area contributed by atoms with E-state index in [1.54, 1.807) is 0 Å². The molecule has 20 heavy (non-hydrogen) atoms. The van der Waals surface area contributed by atoms with Crippen LogP contribution < -0.4 is 11.1 Å². The third-order valence-corrected chi connectivity index (χ3v) is 3.39. The number of nitrogens with one attached hydrogen (secondary N) is 1. The fourth-order valence-corrected chi connectivity index (χ4v) is 2.16. The fraction of sp³-hybridized carbons (Fsp3) is 0.200. The predicted molar refractivity (Wildman–Crippen MR) is 88.5 cm³/mol. The quantitative estimate of drug-likeness (QED) is 0.832. The van der Waals surface area contributed by atoms with E-state index < -0.39 is 0 Å². The molecule has 0 saturated heterocycles. The fourth-order valence-electron chi connectivity index (χ4n) is 1.87. The Hall–Kier alpha value is -1.65. The highest BCUT2D eigenvalue weighted by Gasteiger charge is 2.06. The summed E-state index contributed by atoms with van der Waals surface area (Å²) in [6.07, 6.45) is 0.879. The van der Waals surface area contributed by atoms with Crippen LogP contribution in [0, 0.1) is 6.92 Å². The van der Waals surface area contributed by atoms with E-state index in [0.29, 0.717) is 4.99 Å². The topological polar surface area (TPSA) is 50.9 Å². The molecular formula is C15H16ClN3S. The first-order valence-electron chi connectivity index (χ1n) is 6.32. The van der Waals surface area contributed by atoms with Crippen LogP contribution in [0.4, 0.5) is 5.82 Å². The molecule has 104 valence electrons. The first kappa shape index (κ1) is 14.8. The van der Waals surface area contributed by atoms with Gasteiger partial charge >= 0.3 is 0 Å². The van der Waals surface area contributed by atoms with Crippen LogP contribution in [0.1, 0.15) is 16.8 Å². The summed E-state index contributed by atoms with van der Waals surface area (Å²) < 4.78 is 0. The molecule has 0 unspecified atom stereocenters. The zero-order valence-electron chi connectivity index (χ0n) is 11.2. The van der Waals surface area contributed by atoms with Crippen LogP contribution in [0.2, 0.25) is 5.02 Å². The molecule has 2 rings (SSSR count). The van der Waals surface area contributed by atoms with Crippen molar-refractivity contribution in [2.24, 2.45) is 5.73 Å². The molecule has 0 radical (unpaired) electrons. The lowest BCUT2D eigenvalue weighted by Crippen LogP contribution is -2.16. The molecule has 0 aliphatic heterocycles. The van der Waals surface area contributed by atoms with Crippen molar-refractivity contribution in [1.82, 2.24) is 4.98 Å². The van der Waals surface area contributed by atoms with Crippen molar-refractivity contribution < 1.29 is 0 Å². The number of aromatic nitrogens is 1. The molecule has 3 N–H and O–H groups in total. The van der Waals surface area contributed by atoms with Crippen molar-refractivity contribution in [1.29, 1.82) is 0 Å². The summed E-state index contributed by atoms with van der Waals surface area (Å²) in [5.74, 6) is 0.742. The molecule has 0 bridgehead atoms. The number of thiocarbonyl (C=S) groups is 1. The zero-order valence-corrected chi connectivity index (χ0v) is 12.8. The number of benzene rings is 1. The molecule has 0 aliphatic carbocycles. The van der Waals surface area contributed by atoms with Gasteiger partial charge in [0.2, 0.25) is 0 Å². The first-order valence-corrected chi connectivity index (χ1v) is 7.10. The molecule has 0 amide bonds. The van der Waals surface area contributed by atoms with Crippen LogP contribution in [-0.4, -0.2) is 16.5 Å². The minimum absolute atomic E-state index is 0.353. The summed E-state index contributed by atoms with van der Waals surface area (Å²) in [6, 6.07) is 11.6. The maximum Gasteiger partial charge on any atom is 0.136 e. The minimum Gasteiger partial charge on any atom is -0.389 e. The van der Waals surface area contributed by atoms with E-state index in [0.717, 1.165) is 35.1 Å². The molecule has 0 spiro atoms. The van der Waals surface area contributed by atoms with Crippen molar-refractivity contribution >= 4 is 34.6 Å². The molecule has 5 heteroatoms. The number of halogens is 1. The highest BCUT2D eigenvalue weighted by atomic mass is 35.5. The Bertz CT molecular complexity index is 611. The van der Waals surface area contributed by atoms with Crippen LogP contribution >= 0.6 is 23.8 Å². The van der Waals surface area contributed by atoms with Gasteiger partial charge in [0.25, 0.3) is 0 Å². The van der Waals surface area contributed by atoms with Gasteiger partial charge in [-0.2, -0.15) is 0 Å². The summed E-state index contributed by atoms with van der Waals surface area (Å²) >= 11 is 10.9. The maximum absolute atomic E-state index is 5.86. The predicted octanol–water partition coefficient (Wildman–Crippen LogP) is 3.33. The Labute approximate surface area is 129 Å². The summed E-state index contributed by atoms with van der Waals surface area (Å²) in [4.78, 5) is 4.79. The Morgan fingerprint density at radius 2 is 1.95 bits per heavy atom. The monoisotopic (exact) mass is 305 g/mol. The average Bonchev–Trinajstić information content (AvgIpc) is 2.41. The number of aryl methyl sites for hydroxylation is 1. The number of hydrogen-bond donors (Lipinski definition) is 2. The highest BCUT2D eigenvalue weighted by Crippen LogP contribution is 2.14. The SMILES string of the molecule is Cc1ccc(C(N)=S)c(NCCc2ccc(Cl)cc2)n1. The van der Waals surface area contributed by atoms with E-state index in [-0.39, 0.29) is 0 Å². The van der Waals surface area contributed by atoms with Crippen LogP contribution in [0.15, 0.2) is 36.4 Å². The van der Waals surface area contributed by atoms with Gasteiger partial charge in [0, 0.05) is 17.3 Å². The van der Waals surface area contributed by atoms with E-state index in [1.165, 1.54) is 5.56 Å². The third-order valence-electron chi connectivity index (χ3n) is 2.92. The van der Waals surface area contributed by atoms with Gasteiger partial charge in [-0.1, -0.05) is 36.0 Å². The first-order chi connectivity index (χ1) is 9.56. The lowest BCUT2D eigenvalue weighted by Gasteiger charge is -2.11. The van der Waals surface area contributed by atoms with Gasteiger partial charge in [0.05, 0.1) is 5.56 Å². The van der Waals surface area contributed by atoms with Crippen LogP contribution in [-0.2, 0) is 6.42 Å². The molecule has 0 fully saturated rings. The van der Waals surface area contributed by atoms with Gasteiger partial charge < -0.3 is 11.1 Å². The lowest BCUT2D eigenvalue weighted by atomic mass is 10.1. The van der Waals surface area contributed by atoms with Gasteiger partial charge in [0.15, 0.2) is 0 Å². The second-order valence-electron chi connectivity index (χ2n) is 4.52. The smallest absolute Gasteiger partial charge is 0.136 e. The summed E-state index contributed by atoms with van der Waals surface area (Å²) in [5, 5.41) is 4.03. The number of rotatable bonds is 5. The van der Waals surface area contributed by atoms with E-state index >= 15 is 0 Å². The lowest BCUT2D eigenvalue weighted by molar-refractivity contribution is 1.000. The number of nitrogens with zero attached hydrogens (tertiary/aromatic N) is 1. The second kappa shape index (κ2) is 6.68. The highest BCUT2D eigenvalue weighted by molar-refractivity contribution is 7.80. The number of anilines is 1. The molecule has 3 nitrogen and oxygen atoms in total. The van der Waals surface area contributed by atoms with E-state index in [4.69, 9.17) is 29.6 Å². The van der Waals surface area contributed by atoms with Crippen molar-refractivity contribution in [2.75, 3.05) is 11.9 Å². The van der Waals surface area contributed by atoms with Crippen molar-refractivity contribution in [3.05, 3.63) is 58.2 Å². The molecule has 0 aliphatic rings. The Morgan fingerprint density at radius 3 is 2.60 bits per heavy atom. The van der Waals surface area contributed by atoms with Crippen molar-refractivity contribution in [3.8, 4) is 0 Å². The molecule has 2 aromatic rings. The van der Waals surface area contributed by atoms with Gasteiger partial charge in [-0.25, -0.2) is 4.98 Å². The Morgan fingerprint density at radius 1 is 1.25 bits per heavy atom. The van der Waals surface area contributed by atoms with Crippen LogP contribution in [0.25, 0.3) is 0 Å². The van der Waals surface area contributed by atoms with Crippen molar-refractivity contribution in [2.45, 2.75) is 13.3 Å². The molecular weight excluding hydrogens is 290 g/mol. The normalized spacial score (nSPS) is 10.3. The largest absolute Gasteiger partial charge is 0.389 e. The van der Waals surface area contributed by atoms with Gasteiger partial charge in [-0.05, 0) is 43.2 Å². The number of pyridine rings is 1. The molecule has 1 aromatic carbocycles. The number of nitrogens with two attached hydrogens (primary N) is 1. The second-order valence-corrected chi connectivity index (χ2v) is 5.39. The van der Waals surface area contributed by atoms with Gasteiger partial charge in [-0.3, -0.25) is 0 Å². The Kier molecular flexibility index (Phi) is 4.93. The summed E-state index contributed by atoms with van der Waals surface area (Å²) in [7, 11) is 0. The average molecular weight is 306 g/mol. The van der Waals surface area contributed by atoms with Gasteiger partial charge in [0.1, 0.15) is 10.8 Å². The summed E-state index contributed by atoms with van der Waals surface area (Å²) in [5.41, 5.74) is 8.62. The summed E-state index contributed by atoms with van der Waals surface area (Å²) in [6.45, 7) is 2.70. The van der Waals surface area contributed by atoms with Gasteiger partial charge in [-0.15, -0.1) is 0 Å². The van der Waals surface area contributed by atoms with E-state index in [1.807, 2.05) is 43.3 Å². The van der Waals surface area contributed by atoms with E-state index in [2.05, 4.69) is 10.3 Å². The zero-order chi connectivity index (χ0) is 14.5.